The highest BCUT2D eigenvalue weighted by atomic mass is 16.2. The minimum absolute atomic E-state index is 0.0860. The first-order valence-electron chi connectivity index (χ1n) is 6.82. The van der Waals surface area contributed by atoms with Gasteiger partial charge in [-0.3, -0.25) is 0 Å². The van der Waals surface area contributed by atoms with Crippen molar-refractivity contribution in [2.24, 2.45) is 0 Å². The van der Waals surface area contributed by atoms with E-state index < -0.39 is 0 Å². The molecule has 98 valence electrons. The third kappa shape index (κ3) is 4.16. The number of piperidine rings is 1. The van der Waals surface area contributed by atoms with Gasteiger partial charge in [0.1, 0.15) is 0 Å². The van der Waals surface area contributed by atoms with Crippen molar-refractivity contribution in [1.82, 2.24) is 20.4 Å². The van der Waals surface area contributed by atoms with Crippen LogP contribution in [0.25, 0.3) is 0 Å². The maximum Gasteiger partial charge on any atom is 0.317 e. The Hall–Kier alpha value is -0.810. The van der Waals surface area contributed by atoms with Crippen LogP contribution >= 0.6 is 0 Å². The molecule has 0 radical (unpaired) electrons. The van der Waals surface area contributed by atoms with Gasteiger partial charge in [-0.2, -0.15) is 0 Å². The molecule has 2 aliphatic heterocycles. The number of rotatable bonds is 6. The van der Waals surface area contributed by atoms with E-state index in [4.69, 9.17) is 0 Å². The molecule has 2 fully saturated rings. The van der Waals surface area contributed by atoms with Gasteiger partial charge in [0.15, 0.2) is 0 Å². The van der Waals surface area contributed by atoms with Gasteiger partial charge in [-0.15, -0.1) is 0 Å². The van der Waals surface area contributed by atoms with Gasteiger partial charge in [0.2, 0.25) is 0 Å². The highest BCUT2D eigenvalue weighted by molar-refractivity contribution is 5.76. The van der Waals surface area contributed by atoms with Crippen molar-refractivity contribution in [3.63, 3.8) is 0 Å². The minimum atomic E-state index is 0.0860. The topological polar surface area (TPSA) is 47.6 Å². The van der Waals surface area contributed by atoms with Gasteiger partial charge in [-0.25, -0.2) is 4.79 Å². The Kier molecular flexibility index (Phi) is 5.07. The van der Waals surface area contributed by atoms with Gasteiger partial charge < -0.3 is 20.4 Å². The van der Waals surface area contributed by atoms with Crippen molar-refractivity contribution in [1.29, 1.82) is 0 Å². The van der Waals surface area contributed by atoms with Crippen molar-refractivity contribution in [2.45, 2.75) is 19.3 Å². The summed E-state index contributed by atoms with van der Waals surface area (Å²) in [4.78, 5) is 15.7. The molecule has 0 spiro atoms. The van der Waals surface area contributed by atoms with Crippen molar-refractivity contribution in [3.8, 4) is 0 Å². The standard InChI is InChI=1S/C12H24N4O/c17-12-14-6-11-16(12)10-5-13-4-9-15-7-2-1-3-8-15/h13H,1-11H2,(H,14,17). The van der Waals surface area contributed by atoms with Crippen LogP contribution in [0.2, 0.25) is 0 Å². The van der Waals surface area contributed by atoms with Crippen LogP contribution in [0.1, 0.15) is 19.3 Å². The van der Waals surface area contributed by atoms with Gasteiger partial charge in [0.25, 0.3) is 0 Å². The summed E-state index contributed by atoms with van der Waals surface area (Å²) in [6, 6.07) is 0.0860. The number of hydrogen-bond acceptors (Lipinski definition) is 3. The maximum atomic E-state index is 11.3. The maximum absolute atomic E-state index is 11.3. The number of amides is 2. The molecule has 0 atom stereocenters. The number of urea groups is 1. The molecule has 0 unspecified atom stereocenters. The molecule has 2 N–H and O–H groups in total. The summed E-state index contributed by atoms with van der Waals surface area (Å²) in [6.07, 6.45) is 4.11. The monoisotopic (exact) mass is 240 g/mol. The van der Waals surface area contributed by atoms with Gasteiger partial charge >= 0.3 is 6.03 Å². The quantitative estimate of drug-likeness (QED) is 0.647. The molecule has 5 heteroatoms. The molecule has 2 aliphatic rings. The SMILES string of the molecule is O=C1NCCN1CCNCCN1CCCCC1. The first kappa shape index (κ1) is 12.6. The summed E-state index contributed by atoms with van der Waals surface area (Å²) in [7, 11) is 0. The van der Waals surface area contributed by atoms with Crippen LogP contribution in [0.5, 0.6) is 0 Å². The van der Waals surface area contributed by atoms with Crippen LogP contribution < -0.4 is 10.6 Å². The molecule has 0 aromatic carbocycles. The van der Waals surface area contributed by atoms with Crippen LogP contribution in [0.4, 0.5) is 4.79 Å². The van der Waals surface area contributed by atoms with Crippen LogP contribution in [0.3, 0.4) is 0 Å². The molecule has 2 saturated heterocycles. The molecule has 0 saturated carbocycles. The van der Waals surface area contributed by atoms with E-state index in [0.717, 1.165) is 39.3 Å². The molecular weight excluding hydrogens is 216 g/mol. The Morgan fingerprint density at radius 3 is 2.53 bits per heavy atom. The predicted octanol–water partition coefficient (Wildman–Crippen LogP) is 0.0871. The number of likely N-dealkylation sites (tertiary alicyclic amines) is 1. The van der Waals surface area contributed by atoms with Gasteiger partial charge in [-0.1, -0.05) is 6.42 Å². The largest absolute Gasteiger partial charge is 0.336 e. The Balaban J connectivity index is 1.47. The first-order chi connectivity index (χ1) is 8.36. The lowest BCUT2D eigenvalue weighted by Crippen LogP contribution is -2.39. The number of nitrogens with zero attached hydrogens (tertiary/aromatic N) is 2. The zero-order valence-electron chi connectivity index (χ0n) is 10.6. The Labute approximate surface area is 104 Å². The fourth-order valence-electron chi connectivity index (χ4n) is 2.48. The lowest BCUT2D eigenvalue weighted by Gasteiger charge is -2.26. The van der Waals surface area contributed by atoms with E-state index in [0.29, 0.717) is 0 Å². The summed E-state index contributed by atoms with van der Waals surface area (Å²) < 4.78 is 0. The summed E-state index contributed by atoms with van der Waals surface area (Å²) in [5.74, 6) is 0. The third-order valence-corrected chi connectivity index (χ3v) is 3.56. The number of nitrogens with one attached hydrogen (secondary N) is 2. The smallest absolute Gasteiger partial charge is 0.317 e. The first-order valence-corrected chi connectivity index (χ1v) is 6.82. The van der Waals surface area contributed by atoms with Gasteiger partial charge in [0, 0.05) is 39.3 Å². The summed E-state index contributed by atoms with van der Waals surface area (Å²) in [6.45, 7) is 8.08. The van der Waals surface area contributed by atoms with Crippen LogP contribution in [0, 0.1) is 0 Å². The summed E-state index contributed by atoms with van der Waals surface area (Å²) >= 11 is 0. The van der Waals surface area contributed by atoms with Crippen molar-refractivity contribution in [3.05, 3.63) is 0 Å². The third-order valence-electron chi connectivity index (χ3n) is 3.56. The highest BCUT2D eigenvalue weighted by Crippen LogP contribution is 2.07. The van der Waals surface area contributed by atoms with Crippen LogP contribution in [0.15, 0.2) is 0 Å². The van der Waals surface area contributed by atoms with Gasteiger partial charge in [-0.05, 0) is 25.9 Å². The second-order valence-electron chi connectivity index (χ2n) is 4.87. The molecule has 0 aromatic rings. The van der Waals surface area contributed by atoms with E-state index in [-0.39, 0.29) is 6.03 Å². The van der Waals surface area contributed by atoms with E-state index >= 15 is 0 Å². The fraction of sp³-hybridized carbons (Fsp3) is 0.917. The molecule has 5 nitrogen and oxygen atoms in total. The second kappa shape index (κ2) is 6.81. The lowest BCUT2D eigenvalue weighted by atomic mass is 10.1. The Bertz CT molecular complexity index is 241. The number of carbonyl (C=O) groups excluding carboxylic acids is 1. The molecule has 0 aromatic heterocycles. The van der Waals surface area contributed by atoms with Crippen molar-refractivity contribution < 1.29 is 4.79 Å². The average Bonchev–Trinajstić information content (AvgIpc) is 2.76. The molecule has 2 rings (SSSR count). The molecule has 17 heavy (non-hydrogen) atoms. The zero-order chi connectivity index (χ0) is 11.9. The summed E-state index contributed by atoms with van der Waals surface area (Å²) in [5.41, 5.74) is 0. The minimum Gasteiger partial charge on any atom is -0.336 e. The highest BCUT2D eigenvalue weighted by Gasteiger charge is 2.18. The normalized spacial score (nSPS) is 21.9. The summed E-state index contributed by atoms with van der Waals surface area (Å²) in [5, 5.41) is 6.23. The van der Waals surface area contributed by atoms with E-state index in [9.17, 15) is 4.79 Å². The van der Waals surface area contributed by atoms with E-state index in [1.54, 1.807) is 0 Å². The number of hydrogen-bond donors (Lipinski definition) is 2. The Morgan fingerprint density at radius 2 is 1.82 bits per heavy atom. The fourth-order valence-corrected chi connectivity index (χ4v) is 2.48. The van der Waals surface area contributed by atoms with Crippen LogP contribution in [-0.2, 0) is 0 Å². The number of carbonyl (C=O) groups is 1. The Morgan fingerprint density at radius 1 is 1.06 bits per heavy atom. The molecule has 2 heterocycles. The van der Waals surface area contributed by atoms with Crippen molar-refractivity contribution >= 4 is 6.03 Å². The van der Waals surface area contributed by atoms with E-state index in [2.05, 4.69) is 15.5 Å². The van der Waals surface area contributed by atoms with E-state index in [1.807, 2.05) is 4.90 Å². The van der Waals surface area contributed by atoms with E-state index in [1.165, 1.54) is 32.4 Å². The molecule has 0 aliphatic carbocycles. The molecule has 0 bridgehead atoms. The van der Waals surface area contributed by atoms with Crippen molar-refractivity contribution in [2.75, 3.05) is 52.4 Å². The molecule has 2 amide bonds. The predicted molar refractivity (Wildman–Crippen MR) is 68.1 cm³/mol. The lowest BCUT2D eigenvalue weighted by molar-refractivity contribution is 0.215. The average molecular weight is 240 g/mol. The van der Waals surface area contributed by atoms with Gasteiger partial charge in [0.05, 0.1) is 0 Å². The zero-order valence-corrected chi connectivity index (χ0v) is 10.6. The second-order valence-corrected chi connectivity index (χ2v) is 4.87. The van der Waals surface area contributed by atoms with Crippen LogP contribution in [-0.4, -0.2) is 68.2 Å². The molecular formula is C12H24N4O.